The van der Waals surface area contributed by atoms with E-state index in [9.17, 15) is 18.4 Å². The zero-order chi connectivity index (χ0) is 18.5. The van der Waals surface area contributed by atoms with E-state index in [4.69, 9.17) is 0 Å². The number of amides is 2. The van der Waals surface area contributed by atoms with Crippen molar-refractivity contribution in [1.82, 2.24) is 15.5 Å². The van der Waals surface area contributed by atoms with Crippen LogP contribution in [0.2, 0.25) is 0 Å². The molecule has 0 bridgehead atoms. The maximum absolute atomic E-state index is 13.1. The van der Waals surface area contributed by atoms with Gasteiger partial charge in [-0.3, -0.25) is 14.7 Å². The zero-order valence-electron chi connectivity index (χ0n) is 13.4. The lowest BCUT2D eigenvalue weighted by atomic mass is 10.1. The van der Waals surface area contributed by atoms with E-state index in [0.717, 1.165) is 17.7 Å². The van der Waals surface area contributed by atoms with E-state index in [1.165, 1.54) is 12.3 Å². The molecule has 3 rings (SSSR count). The van der Waals surface area contributed by atoms with Gasteiger partial charge in [-0.1, -0.05) is 30.3 Å². The first-order valence-electron chi connectivity index (χ1n) is 7.66. The van der Waals surface area contributed by atoms with E-state index in [1.807, 2.05) is 30.3 Å². The van der Waals surface area contributed by atoms with Crippen LogP contribution in [0.25, 0.3) is 11.3 Å². The van der Waals surface area contributed by atoms with Crippen molar-refractivity contribution in [3.63, 3.8) is 0 Å². The maximum atomic E-state index is 13.1. The van der Waals surface area contributed by atoms with Crippen molar-refractivity contribution in [2.24, 2.45) is 0 Å². The van der Waals surface area contributed by atoms with E-state index >= 15 is 0 Å². The Morgan fingerprint density at radius 2 is 1.81 bits per heavy atom. The van der Waals surface area contributed by atoms with Gasteiger partial charge in [0.1, 0.15) is 0 Å². The number of hydrogen-bond acceptors (Lipinski definition) is 3. The molecule has 0 aliphatic rings. The van der Waals surface area contributed by atoms with Crippen LogP contribution in [-0.4, -0.2) is 28.6 Å². The fraction of sp³-hybridized carbons (Fsp3) is 0.0556. The van der Waals surface area contributed by atoms with Crippen molar-refractivity contribution < 1.29 is 18.4 Å². The Kier molecular flexibility index (Phi) is 5.02. The average Bonchev–Trinajstić information content (AvgIpc) is 3.13. The minimum atomic E-state index is -1.07. The molecule has 26 heavy (non-hydrogen) atoms. The molecule has 0 aliphatic carbocycles. The molecule has 6 nitrogen and oxygen atoms in total. The normalized spacial score (nSPS) is 10.4. The van der Waals surface area contributed by atoms with Crippen LogP contribution >= 0.6 is 0 Å². The molecule has 0 atom stereocenters. The maximum Gasteiger partial charge on any atom is 0.255 e. The number of halogens is 2. The first kappa shape index (κ1) is 17.3. The SMILES string of the molecule is O=C(CNC(=O)c1cn[nH]c1-c1ccccc1)Nc1ccc(F)c(F)c1. The Balaban J connectivity index is 1.62. The Morgan fingerprint density at radius 1 is 1.04 bits per heavy atom. The number of nitrogens with zero attached hydrogens (tertiary/aromatic N) is 1. The monoisotopic (exact) mass is 356 g/mol. The molecular weight excluding hydrogens is 342 g/mol. The van der Waals surface area contributed by atoms with Gasteiger partial charge in [0.05, 0.1) is 24.0 Å². The topological polar surface area (TPSA) is 86.9 Å². The van der Waals surface area contributed by atoms with Crippen molar-refractivity contribution in [2.75, 3.05) is 11.9 Å². The van der Waals surface area contributed by atoms with Gasteiger partial charge in [-0.2, -0.15) is 5.10 Å². The third kappa shape index (κ3) is 3.92. The Hall–Kier alpha value is -3.55. The van der Waals surface area contributed by atoms with Crippen molar-refractivity contribution in [3.05, 3.63) is 71.9 Å². The number of nitrogens with one attached hydrogen (secondary N) is 3. The summed E-state index contributed by atoms with van der Waals surface area (Å²) in [7, 11) is 0. The third-order valence-corrected chi connectivity index (χ3v) is 3.56. The zero-order valence-corrected chi connectivity index (χ0v) is 13.4. The molecular formula is C18H14F2N4O2. The fourth-order valence-corrected chi connectivity index (χ4v) is 2.32. The van der Waals surface area contributed by atoms with Crippen LogP contribution in [-0.2, 0) is 4.79 Å². The second-order valence-electron chi connectivity index (χ2n) is 5.38. The molecule has 1 aromatic heterocycles. The Morgan fingerprint density at radius 3 is 2.54 bits per heavy atom. The van der Waals surface area contributed by atoms with Crippen LogP contribution in [0.5, 0.6) is 0 Å². The lowest BCUT2D eigenvalue weighted by Gasteiger charge is -2.08. The summed E-state index contributed by atoms with van der Waals surface area (Å²) >= 11 is 0. The number of rotatable bonds is 5. The van der Waals surface area contributed by atoms with Crippen LogP contribution in [0.1, 0.15) is 10.4 Å². The average molecular weight is 356 g/mol. The smallest absolute Gasteiger partial charge is 0.255 e. The summed E-state index contributed by atoms with van der Waals surface area (Å²) in [5, 5.41) is 11.5. The van der Waals surface area contributed by atoms with Gasteiger partial charge in [0.25, 0.3) is 5.91 Å². The number of H-pyrrole nitrogens is 1. The fourth-order valence-electron chi connectivity index (χ4n) is 2.32. The highest BCUT2D eigenvalue weighted by Crippen LogP contribution is 2.20. The lowest BCUT2D eigenvalue weighted by Crippen LogP contribution is -2.33. The number of carbonyl (C=O) groups excluding carboxylic acids is 2. The number of benzene rings is 2. The van der Waals surface area contributed by atoms with Crippen molar-refractivity contribution in [1.29, 1.82) is 0 Å². The molecule has 0 spiro atoms. The summed E-state index contributed by atoms with van der Waals surface area (Å²) in [6.45, 7) is -0.336. The second-order valence-corrected chi connectivity index (χ2v) is 5.38. The van der Waals surface area contributed by atoms with E-state index < -0.39 is 23.4 Å². The highest BCUT2D eigenvalue weighted by Gasteiger charge is 2.16. The molecule has 8 heteroatoms. The number of carbonyl (C=O) groups is 2. The standard InChI is InChI=1S/C18H14F2N4O2/c19-14-7-6-12(8-15(14)20)23-16(25)10-21-18(26)13-9-22-24-17(13)11-4-2-1-3-5-11/h1-9H,10H2,(H,21,26)(H,22,24)(H,23,25). The first-order valence-corrected chi connectivity index (χ1v) is 7.66. The summed E-state index contributed by atoms with van der Waals surface area (Å²) in [4.78, 5) is 24.2. The summed E-state index contributed by atoms with van der Waals surface area (Å²) < 4.78 is 26.0. The van der Waals surface area contributed by atoms with E-state index in [0.29, 0.717) is 5.69 Å². The molecule has 3 N–H and O–H groups in total. The van der Waals surface area contributed by atoms with Crippen LogP contribution in [0, 0.1) is 11.6 Å². The van der Waals surface area contributed by atoms with Gasteiger partial charge in [0, 0.05) is 17.3 Å². The molecule has 0 unspecified atom stereocenters. The van der Waals surface area contributed by atoms with Crippen LogP contribution in [0.3, 0.4) is 0 Å². The van der Waals surface area contributed by atoms with Gasteiger partial charge in [-0.05, 0) is 12.1 Å². The molecule has 2 aromatic carbocycles. The van der Waals surface area contributed by atoms with Crippen molar-refractivity contribution in [3.8, 4) is 11.3 Å². The van der Waals surface area contributed by atoms with Gasteiger partial charge < -0.3 is 10.6 Å². The first-order chi connectivity index (χ1) is 12.5. The summed E-state index contributed by atoms with van der Waals surface area (Å²) in [6, 6.07) is 12.1. The molecule has 2 amide bonds. The van der Waals surface area contributed by atoms with Gasteiger partial charge >= 0.3 is 0 Å². The molecule has 0 saturated heterocycles. The minimum Gasteiger partial charge on any atom is -0.343 e. The molecule has 0 radical (unpaired) electrons. The van der Waals surface area contributed by atoms with Gasteiger partial charge in [0.15, 0.2) is 11.6 Å². The summed E-state index contributed by atoms with van der Waals surface area (Å²) in [6.07, 6.45) is 1.37. The van der Waals surface area contributed by atoms with E-state index in [-0.39, 0.29) is 17.8 Å². The van der Waals surface area contributed by atoms with Gasteiger partial charge in [-0.25, -0.2) is 8.78 Å². The molecule has 132 valence electrons. The van der Waals surface area contributed by atoms with E-state index in [1.54, 1.807) is 0 Å². The summed E-state index contributed by atoms with van der Waals surface area (Å²) in [5.41, 5.74) is 1.69. The predicted molar refractivity (Wildman–Crippen MR) is 91.3 cm³/mol. The largest absolute Gasteiger partial charge is 0.343 e. The predicted octanol–water partition coefficient (Wildman–Crippen LogP) is 2.72. The number of aromatic amines is 1. The number of anilines is 1. The van der Waals surface area contributed by atoms with Crippen LogP contribution in [0.4, 0.5) is 14.5 Å². The molecule has 3 aromatic rings. The Bertz CT molecular complexity index is 941. The second kappa shape index (κ2) is 7.56. The minimum absolute atomic E-state index is 0.0939. The van der Waals surface area contributed by atoms with Crippen LogP contribution in [0.15, 0.2) is 54.7 Å². The highest BCUT2D eigenvalue weighted by atomic mass is 19.2. The lowest BCUT2D eigenvalue weighted by molar-refractivity contribution is -0.115. The highest BCUT2D eigenvalue weighted by molar-refractivity contribution is 6.02. The number of hydrogen-bond donors (Lipinski definition) is 3. The van der Waals surface area contributed by atoms with Crippen molar-refractivity contribution >= 4 is 17.5 Å². The molecule has 0 fully saturated rings. The van der Waals surface area contributed by atoms with E-state index in [2.05, 4.69) is 20.8 Å². The Labute approximate surface area is 147 Å². The van der Waals surface area contributed by atoms with Crippen molar-refractivity contribution in [2.45, 2.75) is 0 Å². The quantitative estimate of drug-likeness (QED) is 0.657. The van der Waals surface area contributed by atoms with Gasteiger partial charge in [-0.15, -0.1) is 0 Å². The molecule has 0 aliphatic heterocycles. The van der Waals surface area contributed by atoms with Crippen LogP contribution < -0.4 is 10.6 Å². The number of aromatic nitrogens is 2. The third-order valence-electron chi connectivity index (χ3n) is 3.56. The summed E-state index contributed by atoms with van der Waals surface area (Å²) in [5.74, 6) is -3.14. The molecule has 1 heterocycles. The molecule has 0 saturated carbocycles. The van der Waals surface area contributed by atoms with Gasteiger partial charge in [0.2, 0.25) is 5.91 Å².